The molecule has 1 aromatic carbocycles. The van der Waals surface area contributed by atoms with E-state index in [1.165, 1.54) is 0 Å². The Bertz CT molecular complexity index is 536. The molecule has 1 aromatic heterocycles. The number of anilines is 1. The highest BCUT2D eigenvalue weighted by Gasteiger charge is 2.11. The van der Waals surface area contributed by atoms with Crippen molar-refractivity contribution in [3.05, 3.63) is 35.7 Å². The summed E-state index contributed by atoms with van der Waals surface area (Å²) in [5.74, 6) is 0.818. The first kappa shape index (κ1) is 12.4. The summed E-state index contributed by atoms with van der Waals surface area (Å²) in [6, 6.07) is 7.68. The minimum absolute atomic E-state index is 0.0140. The third kappa shape index (κ3) is 2.42. The Morgan fingerprint density at radius 1 is 1.28 bits per heavy atom. The highest BCUT2D eigenvalue weighted by atomic mass is 16.5. The number of aromatic nitrogens is 1. The van der Waals surface area contributed by atoms with Crippen LogP contribution >= 0.6 is 0 Å². The molecule has 4 heteroatoms. The van der Waals surface area contributed by atoms with Crippen LogP contribution in [0.4, 0.5) is 5.69 Å². The van der Waals surface area contributed by atoms with Gasteiger partial charge in [0.1, 0.15) is 5.76 Å². The lowest BCUT2D eigenvalue weighted by Crippen LogP contribution is -2.09. The summed E-state index contributed by atoms with van der Waals surface area (Å²) in [5.41, 5.74) is 3.74. The molecule has 0 radical (unpaired) electrons. The number of rotatable bonds is 3. The molecule has 1 heterocycles. The van der Waals surface area contributed by atoms with Gasteiger partial charge in [0.2, 0.25) is 5.91 Å². The number of benzene rings is 1. The Morgan fingerprint density at radius 3 is 2.44 bits per heavy atom. The third-order valence-corrected chi connectivity index (χ3v) is 2.81. The quantitative estimate of drug-likeness (QED) is 0.901. The van der Waals surface area contributed by atoms with Crippen LogP contribution in [0.5, 0.6) is 0 Å². The van der Waals surface area contributed by atoms with E-state index in [2.05, 4.69) is 10.5 Å². The minimum atomic E-state index is 0.0140. The number of nitrogens with zero attached hydrogens (tertiary/aromatic N) is 1. The topological polar surface area (TPSA) is 55.1 Å². The molecule has 1 amide bonds. The number of hydrogen-bond acceptors (Lipinski definition) is 3. The molecular formula is C14H16N2O2. The van der Waals surface area contributed by atoms with Crippen molar-refractivity contribution in [1.82, 2.24) is 5.16 Å². The summed E-state index contributed by atoms with van der Waals surface area (Å²) in [4.78, 5) is 11.3. The van der Waals surface area contributed by atoms with Crippen molar-refractivity contribution < 1.29 is 9.32 Å². The Labute approximate surface area is 106 Å². The zero-order valence-corrected chi connectivity index (χ0v) is 10.8. The molecular weight excluding hydrogens is 228 g/mol. The van der Waals surface area contributed by atoms with Gasteiger partial charge >= 0.3 is 0 Å². The van der Waals surface area contributed by atoms with Gasteiger partial charge in [-0.1, -0.05) is 24.2 Å². The van der Waals surface area contributed by atoms with Gasteiger partial charge in [0, 0.05) is 17.7 Å². The molecule has 0 unspecified atom stereocenters. The van der Waals surface area contributed by atoms with E-state index in [4.69, 9.17) is 4.52 Å². The van der Waals surface area contributed by atoms with Gasteiger partial charge in [-0.15, -0.1) is 0 Å². The van der Waals surface area contributed by atoms with E-state index in [0.29, 0.717) is 6.42 Å². The predicted octanol–water partition coefficient (Wildman–Crippen LogP) is 3.31. The van der Waals surface area contributed by atoms with Crippen LogP contribution in [0.3, 0.4) is 0 Å². The van der Waals surface area contributed by atoms with Gasteiger partial charge in [-0.05, 0) is 31.5 Å². The van der Waals surface area contributed by atoms with Gasteiger partial charge in [0.05, 0.1) is 5.69 Å². The molecule has 2 aromatic rings. The fourth-order valence-electron chi connectivity index (χ4n) is 1.86. The SMILES string of the molecule is CCC(=O)Nc1ccc(-c2c(C)noc2C)cc1. The van der Waals surface area contributed by atoms with E-state index in [1.807, 2.05) is 45.0 Å². The maximum absolute atomic E-state index is 11.3. The molecule has 0 atom stereocenters. The second-order valence-electron chi connectivity index (χ2n) is 4.18. The van der Waals surface area contributed by atoms with Crippen molar-refractivity contribution in [1.29, 1.82) is 0 Å². The zero-order chi connectivity index (χ0) is 13.1. The average Bonchev–Trinajstić information content (AvgIpc) is 2.70. The summed E-state index contributed by atoms with van der Waals surface area (Å²) in [7, 11) is 0. The lowest BCUT2D eigenvalue weighted by molar-refractivity contribution is -0.115. The lowest BCUT2D eigenvalue weighted by atomic mass is 10.0. The molecule has 1 N–H and O–H groups in total. The summed E-state index contributed by atoms with van der Waals surface area (Å²) < 4.78 is 5.14. The van der Waals surface area contributed by atoms with Crippen LogP contribution in [0, 0.1) is 13.8 Å². The van der Waals surface area contributed by atoms with Crippen molar-refractivity contribution in [3.8, 4) is 11.1 Å². The van der Waals surface area contributed by atoms with Crippen LogP contribution in [-0.2, 0) is 4.79 Å². The van der Waals surface area contributed by atoms with Crippen molar-refractivity contribution in [3.63, 3.8) is 0 Å². The van der Waals surface area contributed by atoms with Crippen LogP contribution in [0.25, 0.3) is 11.1 Å². The first-order valence-corrected chi connectivity index (χ1v) is 5.95. The second-order valence-corrected chi connectivity index (χ2v) is 4.18. The van der Waals surface area contributed by atoms with Crippen molar-refractivity contribution in [2.45, 2.75) is 27.2 Å². The molecule has 0 aliphatic rings. The van der Waals surface area contributed by atoms with Gasteiger partial charge < -0.3 is 9.84 Å². The van der Waals surface area contributed by atoms with Gasteiger partial charge in [-0.2, -0.15) is 0 Å². The number of carbonyl (C=O) groups is 1. The molecule has 0 fully saturated rings. The van der Waals surface area contributed by atoms with Crippen LogP contribution in [-0.4, -0.2) is 11.1 Å². The Hall–Kier alpha value is -2.10. The van der Waals surface area contributed by atoms with Crippen LogP contribution in [0.2, 0.25) is 0 Å². The fraction of sp³-hybridized carbons (Fsp3) is 0.286. The van der Waals surface area contributed by atoms with Crippen LogP contribution in [0.1, 0.15) is 24.8 Å². The Balaban J connectivity index is 2.25. The minimum Gasteiger partial charge on any atom is -0.361 e. The van der Waals surface area contributed by atoms with Gasteiger partial charge in [0.15, 0.2) is 0 Å². The van der Waals surface area contributed by atoms with E-state index < -0.39 is 0 Å². The fourth-order valence-corrected chi connectivity index (χ4v) is 1.86. The van der Waals surface area contributed by atoms with E-state index in [0.717, 1.165) is 28.3 Å². The number of nitrogens with one attached hydrogen (secondary N) is 1. The highest BCUT2D eigenvalue weighted by Crippen LogP contribution is 2.27. The summed E-state index contributed by atoms with van der Waals surface area (Å²) in [6.45, 7) is 5.63. The number of aryl methyl sites for hydroxylation is 2. The molecule has 0 saturated heterocycles. The van der Waals surface area contributed by atoms with Crippen molar-refractivity contribution in [2.24, 2.45) is 0 Å². The molecule has 2 rings (SSSR count). The third-order valence-electron chi connectivity index (χ3n) is 2.81. The maximum atomic E-state index is 11.3. The standard InChI is InChI=1S/C14H16N2O2/c1-4-13(17)15-12-7-5-11(6-8-12)14-9(2)16-18-10(14)3/h5-8H,4H2,1-3H3,(H,15,17). The van der Waals surface area contributed by atoms with Gasteiger partial charge in [-0.3, -0.25) is 4.79 Å². The van der Waals surface area contributed by atoms with E-state index in [9.17, 15) is 4.79 Å². The molecule has 94 valence electrons. The zero-order valence-electron chi connectivity index (χ0n) is 10.8. The Morgan fingerprint density at radius 2 is 1.94 bits per heavy atom. The summed E-state index contributed by atoms with van der Waals surface area (Å²) >= 11 is 0. The van der Waals surface area contributed by atoms with Crippen molar-refractivity contribution in [2.75, 3.05) is 5.32 Å². The largest absolute Gasteiger partial charge is 0.361 e. The summed E-state index contributed by atoms with van der Waals surface area (Å²) in [5, 5.41) is 6.75. The molecule has 0 saturated carbocycles. The molecule has 0 aliphatic heterocycles. The monoisotopic (exact) mass is 244 g/mol. The molecule has 0 spiro atoms. The van der Waals surface area contributed by atoms with Crippen LogP contribution < -0.4 is 5.32 Å². The van der Waals surface area contributed by atoms with Gasteiger partial charge in [-0.25, -0.2) is 0 Å². The molecule has 0 bridgehead atoms. The first-order valence-electron chi connectivity index (χ1n) is 5.95. The number of hydrogen-bond donors (Lipinski definition) is 1. The smallest absolute Gasteiger partial charge is 0.224 e. The maximum Gasteiger partial charge on any atom is 0.224 e. The number of amides is 1. The van der Waals surface area contributed by atoms with Crippen LogP contribution in [0.15, 0.2) is 28.8 Å². The average molecular weight is 244 g/mol. The number of carbonyl (C=O) groups excluding carboxylic acids is 1. The van der Waals surface area contributed by atoms with E-state index in [-0.39, 0.29) is 5.91 Å². The lowest BCUT2D eigenvalue weighted by Gasteiger charge is -2.05. The first-order chi connectivity index (χ1) is 8.61. The molecule has 0 aliphatic carbocycles. The van der Waals surface area contributed by atoms with E-state index >= 15 is 0 Å². The second kappa shape index (κ2) is 5.04. The Kier molecular flexibility index (Phi) is 3.46. The normalized spacial score (nSPS) is 10.4. The predicted molar refractivity (Wildman–Crippen MR) is 70.3 cm³/mol. The van der Waals surface area contributed by atoms with Crippen molar-refractivity contribution >= 4 is 11.6 Å². The summed E-state index contributed by atoms with van der Waals surface area (Å²) in [6.07, 6.45) is 0.478. The van der Waals surface area contributed by atoms with Gasteiger partial charge in [0.25, 0.3) is 0 Å². The molecule has 4 nitrogen and oxygen atoms in total. The molecule has 18 heavy (non-hydrogen) atoms. The highest BCUT2D eigenvalue weighted by molar-refractivity contribution is 5.90. The van der Waals surface area contributed by atoms with E-state index in [1.54, 1.807) is 0 Å².